The van der Waals surface area contributed by atoms with Gasteiger partial charge in [-0.3, -0.25) is 9.59 Å². The maximum absolute atomic E-state index is 12.1. The quantitative estimate of drug-likeness (QED) is 0.694. The zero-order valence-electron chi connectivity index (χ0n) is 10.2. The van der Waals surface area contributed by atoms with Gasteiger partial charge in [0.15, 0.2) is 0 Å². The van der Waals surface area contributed by atoms with Gasteiger partial charge >= 0.3 is 0 Å². The minimum Gasteiger partial charge on any atom is -0.357 e. The van der Waals surface area contributed by atoms with Gasteiger partial charge in [0.1, 0.15) is 6.04 Å². The van der Waals surface area contributed by atoms with E-state index in [1.165, 1.54) is 0 Å². The summed E-state index contributed by atoms with van der Waals surface area (Å²) in [7, 11) is 1.59. The van der Waals surface area contributed by atoms with Gasteiger partial charge in [0, 0.05) is 13.6 Å². The van der Waals surface area contributed by atoms with Crippen LogP contribution >= 0.6 is 0 Å². The Bertz CT molecular complexity index is 266. The molecule has 5 nitrogen and oxygen atoms in total. The lowest BCUT2D eigenvalue weighted by Crippen LogP contribution is -2.56. The van der Waals surface area contributed by atoms with E-state index in [1.807, 2.05) is 6.92 Å². The van der Waals surface area contributed by atoms with Gasteiger partial charge in [0.05, 0.1) is 6.04 Å². The third-order valence-electron chi connectivity index (χ3n) is 3.02. The molecule has 1 heterocycles. The van der Waals surface area contributed by atoms with E-state index in [2.05, 4.69) is 10.6 Å². The Labute approximate surface area is 96.6 Å². The minimum atomic E-state index is -0.376. The molecule has 16 heavy (non-hydrogen) atoms. The maximum atomic E-state index is 12.1. The third-order valence-corrected chi connectivity index (χ3v) is 3.02. The zero-order chi connectivity index (χ0) is 12.1. The van der Waals surface area contributed by atoms with Crippen molar-refractivity contribution in [3.8, 4) is 0 Å². The summed E-state index contributed by atoms with van der Waals surface area (Å²) >= 11 is 0. The summed E-state index contributed by atoms with van der Waals surface area (Å²) < 4.78 is 0. The van der Waals surface area contributed by atoms with E-state index in [1.54, 1.807) is 18.9 Å². The Morgan fingerprint density at radius 2 is 2.31 bits per heavy atom. The molecule has 1 aliphatic heterocycles. The lowest BCUT2D eigenvalue weighted by Gasteiger charge is -2.35. The van der Waals surface area contributed by atoms with Crippen molar-refractivity contribution in [1.82, 2.24) is 15.5 Å². The fourth-order valence-corrected chi connectivity index (χ4v) is 2.07. The fourth-order valence-electron chi connectivity index (χ4n) is 2.07. The number of nitrogens with one attached hydrogen (secondary N) is 2. The number of nitrogens with zero attached hydrogens (tertiary/aromatic N) is 1. The summed E-state index contributed by atoms with van der Waals surface area (Å²) in [6.07, 6.45) is 1.81. The van der Waals surface area contributed by atoms with Gasteiger partial charge in [-0.05, 0) is 26.3 Å². The van der Waals surface area contributed by atoms with Crippen LogP contribution in [0.5, 0.6) is 0 Å². The molecule has 92 valence electrons. The largest absolute Gasteiger partial charge is 0.357 e. The molecule has 2 atom stereocenters. The van der Waals surface area contributed by atoms with Gasteiger partial charge < -0.3 is 15.5 Å². The van der Waals surface area contributed by atoms with Crippen LogP contribution in [-0.2, 0) is 9.59 Å². The van der Waals surface area contributed by atoms with E-state index in [0.717, 1.165) is 19.4 Å². The first-order chi connectivity index (χ1) is 7.61. The smallest absolute Gasteiger partial charge is 0.242 e. The molecule has 1 aliphatic rings. The number of carbonyl (C=O) groups excluding carboxylic acids is 2. The monoisotopic (exact) mass is 227 g/mol. The van der Waals surface area contributed by atoms with Crippen molar-refractivity contribution in [2.75, 3.05) is 20.1 Å². The molecular weight excluding hydrogens is 206 g/mol. The summed E-state index contributed by atoms with van der Waals surface area (Å²) in [6.45, 7) is 5.20. The number of carbonyl (C=O) groups is 2. The Balaban J connectivity index is 2.66. The molecule has 2 amide bonds. The van der Waals surface area contributed by atoms with Crippen molar-refractivity contribution >= 4 is 11.8 Å². The van der Waals surface area contributed by atoms with Crippen molar-refractivity contribution in [3.63, 3.8) is 0 Å². The molecule has 0 bridgehead atoms. The van der Waals surface area contributed by atoms with Crippen molar-refractivity contribution in [1.29, 1.82) is 0 Å². The van der Waals surface area contributed by atoms with Gasteiger partial charge in [0.2, 0.25) is 11.8 Å². The summed E-state index contributed by atoms with van der Waals surface area (Å²) in [5.74, 6) is -0.0605. The molecule has 0 spiro atoms. The van der Waals surface area contributed by atoms with Crippen LogP contribution in [0.15, 0.2) is 0 Å². The second-order valence-electron chi connectivity index (χ2n) is 4.07. The number of hydrogen-bond acceptors (Lipinski definition) is 3. The predicted octanol–water partition coefficient (Wildman–Crippen LogP) is -0.279. The highest BCUT2D eigenvalue weighted by atomic mass is 16.2. The number of piperidine rings is 1. The number of amides is 2. The molecule has 0 aliphatic carbocycles. The summed E-state index contributed by atoms with van der Waals surface area (Å²) in [5.41, 5.74) is 0. The minimum absolute atomic E-state index is 0.0456. The molecule has 0 aromatic rings. The van der Waals surface area contributed by atoms with Gasteiger partial charge in [0.25, 0.3) is 0 Å². The zero-order valence-corrected chi connectivity index (χ0v) is 10.2. The third kappa shape index (κ3) is 2.72. The van der Waals surface area contributed by atoms with Crippen molar-refractivity contribution in [2.45, 2.75) is 38.8 Å². The summed E-state index contributed by atoms with van der Waals surface area (Å²) in [4.78, 5) is 25.2. The molecule has 2 unspecified atom stereocenters. The standard InChI is InChI=1S/C11H21N3O2/c1-4-13-9-6-5-7-14(11(9)16)8(2)10(15)12-3/h8-9,13H,4-7H2,1-3H3,(H,12,15). The van der Waals surface area contributed by atoms with Crippen molar-refractivity contribution in [3.05, 3.63) is 0 Å². The molecule has 1 saturated heterocycles. The van der Waals surface area contributed by atoms with Crippen LogP contribution in [0.3, 0.4) is 0 Å². The Kier molecular flexibility index (Phi) is 4.73. The molecule has 5 heteroatoms. The van der Waals surface area contributed by atoms with Gasteiger partial charge in [-0.1, -0.05) is 6.92 Å². The number of likely N-dealkylation sites (tertiary alicyclic amines) is 1. The number of hydrogen-bond donors (Lipinski definition) is 2. The molecule has 0 aromatic heterocycles. The highest BCUT2D eigenvalue weighted by molar-refractivity contribution is 5.89. The maximum Gasteiger partial charge on any atom is 0.242 e. The number of likely N-dealkylation sites (N-methyl/N-ethyl adjacent to an activating group) is 2. The Morgan fingerprint density at radius 3 is 2.88 bits per heavy atom. The van der Waals surface area contributed by atoms with E-state index in [0.29, 0.717) is 6.54 Å². The van der Waals surface area contributed by atoms with Crippen LogP contribution in [0.25, 0.3) is 0 Å². The second-order valence-corrected chi connectivity index (χ2v) is 4.07. The SMILES string of the molecule is CCNC1CCCN(C(C)C(=O)NC)C1=O. The lowest BCUT2D eigenvalue weighted by molar-refractivity contribution is -0.143. The first-order valence-electron chi connectivity index (χ1n) is 5.87. The van der Waals surface area contributed by atoms with Crippen LogP contribution < -0.4 is 10.6 Å². The predicted molar refractivity (Wildman–Crippen MR) is 61.9 cm³/mol. The van der Waals surface area contributed by atoms with Crippen LogP contribution in [0, 0.1) is 0 Å². The summed E-state index contributed by atoms with van der Waals surface area (Å²) in [5, 5.41) is 5.73. The molecule has 0 aromatic carbocycles. The fraction of sp³-hybridized carbons (Fsp3) is 0.818. The molecular formula is C11H21N3O2. The van der Waals surface area contributed by atoms with Crippen LogP contribution in [0.1, 0.15) is 26.7 Å². The average Bonchev–Trinajstić information content (AvgIpc) is 2.30. The van der Waals surface area contributed by atoms with Crippen molar-refractivity contribution < 1.29 is 9.59 Å². The average molecular weight is 227 g/mol. The topological polar surface area (TPSA) is 61.4 Å². The molecule has 0 radical (unpaired) electrons. The normalized spacial score (nSPS) is 23.1. The second kappa shape index (κ2) is 5.84. The Hall–Kier alpha value is -1.10. The van der Waals surface area contributed by atoms with E-state index in [4.69, 9.17) is 0 Å². The number of rotatable bonds is 4. The van der Waals surface area contributed by atoms with Crippen LogP contribution in [-0.4, -0.2) is 48.9 Å². The first kappa shape index (κ1) is 13.0. The lowest BCUT2D eigenvalue weighted by atomic mass is 10.0. The first-order valence-corrected chi connectivity index (χ1v) is 5.87. The molecule has 0 saturated carbocycles. The van der Waals surface area contributed by atoms with E-state index in [9.17, 15) is 9.59 Å². The van der Waals surface area contributed by atoms with Crippen LogP contribution in [0.2, 0.25) is 0 Å². The summed E-state index contributed by atoms with van der Waals surface area (Å²) in [6, 6.07) is -0.496. The van der Waals surface area contributed by atoms with Crippen LogP contribution in [0.4, 0.5) is 0 Å². The van der Waals surface area contributed by atoms with Gasteiger partial charge in [-0.2, -0.15) is 0 Å². The van der Waals surface area contributed by atoms with Gasteiger partial charge in [-0.25, -0.2) is 0 Å². The van der Waals surface area contributed by atoms with E-state index < -0.39 is 0 Å². The molecule has 2 N–H and O–H groups in total. The highest BCUT2D eigenvalue weighted by Crippen LogP contribution is 2.14. The Morgan fingerprint density at radius 1 is 1.62 bits per heavy atom. The highest BCUT2D eigenvalue weighted by Gasteiger charge is 2.33. The van der Waals surface area contributed by atoms with E-state index >= 15 is 0 Å². The van der Waals surface area contributed by atoms with Crippen molar-refractivity contribution in [2.24, 2.45) is 0 Å². The molecule has 1 fully saturated rings. The van der Waals surface area contributed by atoms with E-state index in [-0.39, 0.29) is 23.9 Å². The molecule has 1 rings (SSSR count). The van der Waals surface area contributed by atoms with Gasteiger partial charge in [-0.15, -0.1) is 0 Å².